The topological polar surface area (TPSA) is 69.2 Å². The molecule has 0 spiro atoms. The first-order valence-electron chi connectivity index (χ1n) is 9.19. The minimum absolute atomic E-state index is 0.000164. The van der Waals surface area contributed by atoms with Crippen molar-refractivity contribution < 1.29 is 9.53 Å². The van der Waals surface area contributed by atoms with Crippen molar-refractivity contribution in [3.63, 3.8) is 0 Å². The van der Waals surface area contributed by atoms with Gasteiger partial charge in [0.25, 0.3) is 0 Å². The Kier molecular flexibility index (Phi) is 7.99. The maximum atomic E-state index is 12.1. The van der Waals surface area contributed by atoms with Crippen LogP contribution in [0.4, 0.5) is 4.79 Å². The van der Waals surface area contributed by atoms with Crippen LogP contribution < -0.4 is 10.6 Å². The molecule has 0 aromatic carbocycles. The Morgan fingerprint density at radius 2 is 1.68 bits per heavy atom. The summed E-state index contributed by atoms with van der Waals surface area (Å²) >= 11 is 0. The third kappa shape index (κ3) is 9.53. The molecule has 2 N–H and O–H groups in total. The van der Waals surface area contributed by atoms with Gasteiger partial charge >= 0.3 is 6.09 Å². The van der Waals surface area contributed by atoms with Gasteiger partial charge in [-0.15, -0.1) is 0 Å². The number of hydrogen-bond acceptors (Lipinski definition) is 4. The van der Waals surface area contributed by atoms with Gasteiger partial charge in [-0.1, -0.05) is 0 Å². The van der Waals surface area contributed by atoms with E-state index in [1.165, 1.54) is 0 Å². The molecule has 1 amide bonds. The maximum absolute atomic E-state index is 12.1. The number of rotatable bonds is 4. The average molecular weight is 356 g/mol. The number of carbonyl (C=O) groups excluding carboxylic acids is 1. The van der Waals surface area contributed by atoms with Crippen LogP contribution >= 0.6 is 0 Å². The van der Waals surface area contributed by atoms with Crippen LogP contribution in [0.15, 0.2) is 4.99 Å². The Labute approximate surface area is 153 Å². The fourth-order valence-electron chi connectivity index (χ4n) is 2.52. The van der Waals surface area contributed by atoms with Crippen LogP contribution in [-0.2, 0) is 4.74 Å². The van der Waals surface area contributed by atoms with Gasteiger partial charge in [0.2, 0.25) is 0 Å². The lowest BCUT2D eigenvalue weighted by atomic mass is 10.1. The minimum atomic E-state index is -0.431. The highest BCUT2D eigenvalue weighted by Gasteiger charge is 2.25. The van der Waals surface area contributed by atoms with Crippen molar-refractivity contribution in [1.29, 1.82) is 0 Å². The molecule has 1 saturated heterocycles. The van der Waals surface area contributed by atoms with Crippen molar-refractivity contribution in [2.24, 2.45) is 4.99 Å². The molecule has 7 heteroatoms. The van der Waals surface area contributed by atoms with Gasteiger partial charge in [-0.3, -0.25) is 9.89 Å². The van der Waals surface area contributed by atoms with Gasteiger partial charge in [0.15, 0.2) is 5.96 Å². The number of amides is 1. The molecular weight excluding hydrogens is 318 g/mol. The van der Waals surface area contributed by atoms with Crippen molar-refractivity contribution in [2.45, 2.75) is 59.1 Å². The zero-order valence-corrected chi connectivity index (χ0v) is 17.1. The molecule has 0 radical (unpaired) electrons. The molecule has 0 saturated carbocycles. The number of ether oxygens (including phenoxy) is 1. The van der Waals surface area contributed by atoms with E-state index in [1.54, 1.807) is 11.9 Å². The van der Waals surface area contributed by atoms with Crippen LogP contribution in [-0.4, -0.2) is 79.3 Å². The molecule has 25 heavy (non-hydrogen) atoms. The van der Waals surface area contributed by atoms with E-state index in [2.05, 4.69) is 41.3 Å². The zero-order valence-electron chi connectivity index (χ0n) is 17.1. The molecule has 0 bridgehead atoms. The minimum Gasteiger partial charge on any atom is -0.444 e. The Hall–Kier alpha value is -1.50. The number of aliphatic imine (C=N–C) groups is 1. The van der Waals surface area contributed by atoms with Gasteiger partial charge in [-0.2, -0.15) is 0 Å². The van der Waals surface area contributed by atoms with Crippen molar-refractivity contribution >= 4 is 12.1 Å². The first-order chi connectivity index (χ1) is 11.5. The summed E-state index contributed by atoms with van der Waals surface area (Å²) in [6, 6.07) is 0. The molecule has 0 aliphatic carbocycles. The Morgan fingerprint density at radius 3 is 2.16 bits per heavy atom. The lowest BCUT2D eigenvalue weighted by Gasteiger charge is -2.35. The van der Waals surface area contributed by atoms with Gasteiger partial charge in [0, 0.05) is 45.3 Å². The van der Waals surface area contributed by atoms with E-state index >= 15 is 0 Å². The van der Waals surface area contributed by atoms with E-state index < -0.39 is 5.60 Å². The fraction of sp³-hybridized carbons (Fsp3) is 0.889. The summed E-state index contributed by atoms with van der Waals surface area (Å²) in [4.78, 5) is 20.5. The molecule has 1 fully saturated rings. The highest BCUT2D eigenvalue weighted by atomic mass is 16.6. The predicted octanol–water partition coefficient (Wildman–Crippen LogP) is 1.89. The Balaban J connectivity index is 2.22. The maximum Gasteiger partial charge on any atom is 0.410 e. The van der Waals surface area contributed by atoms with E-state index in [0.717, 1.165) is 51.6 Å². The second-order valence-electron chi connectivity index (χ2n) is 8.54. The Bertz CT molecular complexity index is 443. The van der Waals surface area contributed by atoms with Gasteiger partial charge < -0.3 is 20.3 Å². The van der Waals surface area contributed by atoms with Crippen molar-refractivity contribution in [3.8, 4) is 0 Å². The lowest BCUT2D eigenvalue weighted by Crippen LogP contribution is -2.50. The van der Waals surface area contributed by atoms with Crippen molar-refractivity contribution in [2.75, 3.05) is 46.3 Å². The smallest absolute Gasteiger partial charge is 0.410 e. The third-order valence-electron chi connectivity index (χ3n) is 3.68. The van der Waals surface area contributed by atoms with Crippen molar-refractivity contribution in [3.05, 3.63) is 0 Å². The average Bonchev–Trinajstić information content (AvgIpc) is 2.48. The second kappa shape index (κ2) is 9.27. The van der Waals surface area contributed by atoms with E-state index in [4.69, 9.17) is 4.74 Å². The number of piperazine rings is 1. The summed E-state index contributed by atoms with van der Waals surface area (Å²) in [5.74, 6) is 0.835. The van der Waals surface area contributed by atoms with Crippen LogP contribution in [0.5, 0.6) is 0 Å². The van der Waals surface area contributed by atoms with Crippen LogP contribution in [0.25, 0.3) is 0 Å². The van der Waals surface area contributed by atoms with Crippen molar-refractivity contribution in [1.82, 2.24) is 20.4 Å². The van der Waals surface area contributed by atoms with Crippen LogP contribution in [0.2, 0.25) is 0 Å². The lowest BCUT2D eigenvalue weighted by molar-refractivity contribution is 0.0145. The van der Waals surface area contributed by atoms with E-state index in [0.29, 0.717) is 0 Å². The highest BCUT2D eigenvalue weighted by Crippen LogP contribution is 2.11. The van der Waals surface area contributed by atoms with Crippen LogP contribution in [0, 0.1) is 0 Å². The zero-order chi connectivity index (χ0) is 19.1. The molecule has 1 heterocycles. The van der Waals surface area contributed by atoms with Crippen LogP contribution in [0.1, 0.15) is 48.0 Å². The van der Waals surface area contributed by atoms with Crippen LogP contribution in [0.3, 0.4) is 0 Å². The summed E-state index contributed by atoms with van der Waals surface area (Å²) in [6.45, 7) is 17.2. The largest absolute Gasteiger partial charge is 0.444 e. The number of guanidine groups is 1. The quantitative estimate of drug-likeness (QED) is 0.458. The fourth-order valence-corrected chi connectivity index (χ4v) is 2.52. The summed E-state index contributed by atoms with van der Waals surface area (Å²) in [7, 11) is 1.79. The molecule has 0 atom stereocenters. The monoisotopic (exact) mass is 355 g/mol. The van der Waals surface area contributed by atoms with Gasteiger partial charge in [-0.05, 0) is 54.5 Å². The first kappa shape index (κ1) is 21.5. The van der Waals surface area contributed by atoms with Gasteiger partial charge in [0.1, 0.15) is 5.60 Å². The molecule has 0 aromatic heterocycles. The van der Waals surface area contributed by atoms with E-state index in [9.17, 15) is 4.79 Å². The molecule has 146 valence electrons. The highest BCUT2D eigenvalue weighted by molar-refractivity contribution is 5.80. The molecule has 1 aliphatic rings. The summed E-state index contributed by atoms with van der Waals surface area (Å²) in [5, 5.41) is 6.69. The summed E-state index contributed by atoms with van der Waals surface area (Å²) in [6.07, 6.45) is 0.836. The molecule has 0 aromatic rings. The standard InChI is InChI=1S/C18H37N5O2/c1-17(2,3)21-15(19-7)20-9-8-10-22-11-13-23(14-12-22)16(24)25-18(4,5)6/h8-14H2,1-7H3,(H2,19,20,21). The van der Waals surface area contributed by atoms with E-state index in [1.807, 2.05) is 20.8 Å². The molecule has 1 aliphatic heterocycles. The van der Waals surface area contributed by atoms with Gasteiger partial charge in [-0.25, -0.2) is 4.79 Å². The summed E-state index contributed by atoms with van der Waals surface area (Å²) in [5.41, 5.74) is -0.431. The van der Waals surface area contributed by atoms with E-state index in [-0.39, 0.29) is 11.6 Å². The van der Waals surface area contributed by atoms with Gasteiger partial charge in [0.05, 0.1) is 0 Å². The number of nitrogens with one attached hydrogen (secondary N) is 2. The number of hydrogen-bond donors (Lipinski definition) is 2. The number of nitrogens with zero attached hydrogens (tertiary/aromatic N) is 3. The third-order valence-corrected chi connectivity index (χ3v) is 3.68. The molecule has 1 rings (SSSR count). The molecule has 0 unspecified atom stereocenters. The molecular formula is C18H37N5O2. The SMILES string of the molecule is CN=C(NCCCN1CCN(C(=O)OC(C)(C)C)CC1)NC(C)(C)C. The molecule has 7 nitrogen and oxygen atoms in total. The second-order valence-corrected chi connectivity index (χ2v) is 8.54. The summed E-state index contributed by atoms with van der Waals surface area (Å²) < 4.78 is 5.43. The number of carbonyl (C=O) groups is 1. The Morgan fingerprint density at radius 1 is 1.08 bits per heavy atom. The predicted molar refractivity (Wildman–Crippen MR) is 103 cm³/mol. The normalized spacial score (nSPS) is 17.4. The first-order valence-corrected chi connectivity index (χ1v) is 9.19.